The molecule has 0 aliphatic heterocycles. The van der Waals surface area contributed by atoms with Crippen molar-refractivity contribution >= 4 is 0 Å². The van der Waals surface area contributed by atoms with E-state index in [1.807, 2.05) is 24.3 Å². The van der Waals surface area contributed by atoms with Crippen molar-refractivity contribution in [2.75, 3.05) is 0 Å². The van der Waals surface area contributed by atoms with Crippen LogP contribution in [0.4, 0.5) is 0 Å². The van der Waals surface area contributed by atoms with E-state index in [2.05, 4.69) is 13.8 Å². The number of nitrogens with two attached hydrogens (primary N) is 6. The van der Waals surface area contributed by atoms with Gasteiger partial charge in [-0.25, -0.2) is 0 Å². The van der Waals surface area contributed by atoms with Gasteiger partial charge in [0.05, 0.1) is 22.8 Å². The molecule has 0 fully saturated rings. The lowest BCUT2D eigenvalue weighted by Gasteiger charge is -2.58. The van der Waals surface area contributed by atoms with E-state index in [0.717, 1.165) is 22.3 Å². The Morgan fingerprint density at radius 2 is 0.875 bits per heavy atom. The summed E-state index contributed by atoms with van der Waals surface area (Å²) in [6.45, 7) is 4.22. The van der Waals surface area contributed by atoms with E-state index >= 15 is 0 Å². The molecule has 0 spiro atoms. The first kappa shape index (κ1) is 14.6. The summed E-state index contributed by atoms with van der Waals surface area (Å²) in [7, 11) is 0. The van der Waals surface area contributed by atoms with Gasteiger partial charge < -0.3 is 34.4 Å². The molecule has 6 heteroatoms. The molecule has 0 saturated carbocycles. The van der Waals surface area contributed by atoms with Crippen LogP contribution in [0.1, 0.15) is 13.8 Å². The van der Waals surface area contributed by atoms with Crippen molar-refractivity contribution in [3.8, 4) is 0 Å². The van der Waals surface area contributed by atoms with Crippen LogP contribution in [-0.4, -0.2) is 0 Å². The molecule has 0 aromatic heterocycles. The van der Waals surface area contributed by atoms with Crippen LogP contribution in [0, 0.1) is 10.8 Å². The fourth-order valence-corrected chi connectivity index (χ4v) is 4.66. The maximum Gasteiger partial charge on any atom is 0.0593 e. The molecule has 0 aromatic carbocycles. The fourth-order valence-electron chi connectivity index (χ4n) is 4.66. The molecule has 4 aliphatic carbocycles. The molecule has 0 heterocycles. The molecular formula is C18H22N6. The highest BCUT2D eigenvalue weighted by Gasteiger charge is 2.61. The third-order valence-electron chi connectivity index (χ3n) is 6.14. The van der Waals surface area contributed by atoms with Crippen molar-refractivity contribution < 1.29 is 0 Å². The van der Waals surface area contributed by atoms with Gasteiger partial charge in [0.25, 0.3) is 0 Å². The standard InChI is InChI=1S/C18H22N6/c1-17-9-3-7(19)4-10(17)14(22)16(24)12-6-8(20)5-11(18(12,17)2)15(23)13(9)21/h3-6H,19-24H2,1-2H3. The number of hydrogen-bond acceptors (Lipinski definition) is 6. The normalized spacial score (nSPS) is 34.4. The summed E-state index contributed by atoms with van der Waals surface area (Å²) < 4.78 is 0. The van der Waals surface area contributed by atoms with Gasteiger partial charge in [-0.3, -0.25) is 0 Å². The van der Waals surface area contributed by atoms with Gasteiger partial charge in [0.1, 0.15) is 0 Å². The van der Waals surface area contributed by atoms with E-state index in [4.69, 9.17) is 34.4 Å². The predicted molar refractivity (Wildman–Crippen MR) is 94.7 cm³/mol. The van der Waals surface area contributed by atoms with E-state index in [0.29, 0.717) is 34.2 Å². The molecule has 4 aliphatic rings. The molecule has 4 rings (SSSR count). The molecule has 0 bridgehead atoms. The van der Waals surface area contributed by atoms with Gasteiger partial charge in [-0.2, -0.15) is 0 Å². The number of rotatable bonds is 0. The minimum atomic E-state index is -0.520. The molecule has 0 aromatic rings. The van der Waals surface area contributed by atoms with Gasteiger partial charge in [0, 0.05) is 22.2 Å². The fraction of sp³-hybridized carbons (Fsp3) is 0.222. The van der Waals surface area contributed by atoms with Gasteiger partial charge >= 0.3 is 0 Å². The van der Waals surface area contributed by atoms with Crippen molar-refractivity contribution in [2.45, 2.75) is 13.8 Å². The molecule has 0 radical (unpaired) electrons. The Hall–Kier alpha value is -3.02. The minimum Gasteiger partial charge on any atom is -0.399 e. The Morgan fingerprint density at radius 1 is 0.542 bits per heavy atom. The average Bonchev–Trinajstić information content (AvgIpc) is 2.53. The molecule has 2 atom stereocenters. The zero-order valence-corrected chi connectivity index (χ0v) is 13.8. The van der Waals surface area contributed by atoms with Crippen LogP contribution in [0.5, 0.6) is 0 Å². The van der Waals surface area contributed by atoms with Gasteiger partial charge in [0.2, 0.25) is 0 Å². The Labute approximate surface area is 140 Å². The van der Waals surface area contributed by atoms with E-state index in [1.54, 1.807) is 0 Å². The first-order valence-electron chi connectivity index (χ1n) is 7.79. The Balaban J connectivity index is 2.26. The maximum atomic E-state index is 6.40. The van der Waals surface area contributed by atoms with E-state index < -0.39 is 10.8 Å². The molecule has 0 amide bonds. The second-order valence-corrected chi connectivity index (χ2v) is 7.14. The summed E-state index contributed by atoms with van der Waals surface area (Å²) in [5.74, 6) is 0. The van der Waals surface area contributed by atoms with Crippen molar-refractivity contribution in [3.05, 3.63) is 80.8 Å². The Morgan fingerprint density at radius 3 is 1.21 bits per heavy atom. The largest absolute Gasteiger partial charge is 0.399 e. The zero-order chi connectivity index (χ0) is 17.6. The van der Waals surface area contributed by atoms with Crippen molar-refractivity contribution in [2.24, 2.45) is 45.2 Å². The molecule has 6 nitrogen and oxygen atoms in total. The molecule has 124 valence electrons. The quantitative estimate of drug-likeness (QED) is 0.372. The molecule has 0 saturated heterocycles. The molecule has 2 unspecified atom stereocenters. The van der Waals surface area contributed by atoms with E-state index in [1.165, 1.54) is 0 Å². The highest BCUT2D eigenvalue weighted by atomic mass is 14.8. The summed E-state index contributed by atoms with van der Waals surface area (Å²) in [6, 6.07) is 0. The van der Waals surface area contributed by atoms with E-state index in [-0.39, 0.29) is 0 Å². The lowest BCUT2D eigenvalue weighted by Crippen LogP contribution is -2.54. The lowest BCUT2D eigenvalue weighted by atomic mass is 9.45. The van der Waals surface area contributed by atoms with E-state index in [9.17, 15) is 0 Å². The number of hydrogen-bond donors (Lipinski definition) is 6. The molecular weight excluding hydrogens is 300 g/mol. The van der Waals surface area contributed by atoms with Crippen molar-refractivity contribution in [3.63, 3.8) is 0 Å². The minimum absolute atomic E-state index is 0.511. The van der Waals surface area contributed by atoms with Crippen LogP contribution < -0.4 is 34.4 Å². The first-order chi connectivity index (χ1) is 11.1. The monoisotopic (exact) mass is 322 g/mol. The molecule has 24 heavy (non-hydrogen) atoms. The molecule has 12 N–H and O–H groups in total. The second-order valence-electron chi connectivity index (χ2n) is 7.14. The van der Waals surface area contributed by atoms with Gasteiger partial charge in [0.15, 0.2) is 0 Å². The number of allylic oxidation sites excluding steroid dienone is 8. The topological polar surface area (TPSA) is 156 Å². The van der Waals surface area contributed by atoms with Crippen LogP contribution in [0.25, 0.3) is 0 Å². The summed E-state index contributed by atoms with van der Waals surface area (Å²) >= 11 is 0. The Bertz CT molecular complexity index is 861. The lowest BCUT2D eigenvalue weighted by molar-refractivity contribution is 0.234. The summed E-state index contributed by atoms with van der Waals surface area (Å²) in [4.78, 5) is 0. The Kier molecular flexibility index (Phi) is 2.36. The van der Waals surface area contributed by atoms with Crippen LogP contribution in [-0.2, 0) is 0 Å². The SMILES string of the molecule is CC12C3=CC(N)=CC1=C(N)C(N)=C1C=C(N)C=C(C(N)=C3N)C12C. The van der Waals surface area contributed by atoms with Gasteiger partial charge in [-0.1, -0.05) is 13.8 Å². The summed E-state index contributed by atoms with van der Waals surface area (Å²) in [6.07, 6.45) is 7.51. The summed E-state index contributed by atoms with van der Waals surface area (Å²) in [5.41, 5.74) is 43.4. The highest BCUT2D eigenvalue weighted by Crippen LogP contribution is 2.67. The average molecular weight is 322 g/mol. The van der Waals surface area contributed by atoms with Crippen molar-refractivity contribution in [1.29, 1.82) is 0 Å². The highest BCUT2D eigenvalue weighted by molar-refractivity contribution is 5.73. The van der Waals surface area contributed by atoms with Crippen LogP contribution in [0.2, 0.25) is 0 Å². The maximum absolute atomic E-state index is 6.40. The van der Waals surface area contributed by atoms with Crippen LogP contribution in [0.15, 0.2) is 80.8 Å². The predicted octanol–water partition coefficient (Wildman–Crippen LogP) is 0.146. The second kappa shape index (κ2) is 3.90. The third-order valence-corrected chi connectivity index (χ3v) is 6.14. The van der Waals surface area contributed by atoms with Gasteiger partial charge in [-0.15, -0.1) is 0 Å². The smallest absolute Gasteiger partial charge is 0.0593 e. The zero-order valence-electron chi connectivity index (χ0n) is 13.8. The van der Waals surface area contributed by atoms with Crippen LogP contribution in [0.3, 0.4) is 0 Å². The third kappa shape index (κ3) is 1.25. The van der Waals surface area contributed by atoms with Gasteiger partial charge in [-0.05, 0) is 46.6 Å². The first-order valence-corrected chi connectivity index (χ1v) is 7.79. The summed E-state index contributed by atoms with van der Waals surface area (Å²) in [5, 5.41) is 0. The van der Waals surface area contributed by atoms with Crippen LogP contribution >= 0.6 is 0 Å². The van der Waals surface area contributed by atoms with Crippen molar-refractivity contribution in [1.82, 2.24) is 0 Å².